The van der Waals surface area contributed by atoms with Crippen LogP contribution in [0.15, 0.2) is 52.0 Å². The zero-order valence-electron chi connectivity index (χ0n) is 14.6. The van der Waals surface area contributed by atoms with Gasteiger partial charge in [-0.3, -0.25) is 24.7 Å². The van der Waals surface area contributed by atoms with Gasteiger partial charge < -0.3 is 4.42 Å². The van der Waals surface area contributed by atoms with Gasteiger partial charge in [0.05, 0.1) is 10.5 Å². The zero-order valence-corrected chi connectivity index (χ0v) is 15.4. The molecule has 2 amide bonds. The molecule has 1 N–H and O–H groups in total. The topological polar surface area (TPSA) is 89.3 Å². The van der Waals surface area contributed by atoms with Crippen molar-refractivity contribution in [2.75, 3.05) is 0 Å². The number of rotatable bonds is 2. The van der Waals surface area contributed by atoms with Crippen LogP contribution in [0.5, 0.6) is 0 Å². The lowest BCUT2D eigenvalue weighted by Gasteiger charge is -1.98. The van der Waals surface area contributed by atoms with Gasteiger partial charge in [-0.05, 0) is 30.8 Å². The fraction of sp³-hybridized carbons (Fsp3) is 0.0476. The number of Topliss-reactive ketones (excluding diaryl/α,β-unsaturated/α-hetero) is 1. The Morgan fingerprint density at radius 3 is 2.71 bits per heavy atom. The molecule has 2 aromatic heterocycles. The molecule has 0 bridgehead atoms. The molecule has 1 aliphatic rings. The average Bonchev–Trinajstić information content (AvgIpc) is 3.22. The SMILES string of the molecule is CC(=O)c1ccccc1C#Cc1cncc2cc(/C=C3/SC(=O)NC3=O)oc12. The lowest BCUT2D eigenvalue weighted by molar-refractivity contribution is -0.115. The monoisotopic (exact) mass is 388 g/mol. The molecular weight excluding hydrogens is 376 g/mol. The van der Waals surface area contributed by atoms with Crippen molar-refractivity contribution in [1.29, 1.82) is 0 Å². The van der Waals surface area contributed by atoms with Crippen LogP contribution in [0.1, 0.15) is 34.2 Å². The number of carbonyl (C=O) groups excluding carboxylic acids is 3. The van der Waals surface area contributed by atoms with E-state index in [1.807, 2.05) is 6.07 Å². The van der Waals surface area contributed by atoms with Crippen LogP contribution >= 0.6 is 11.8 Å². The number of hydrogen-bond acceptors (Lipinski definition) is 6. The summed E-state index contributed by atoms with van der Waals surface area (Å²) < 4.78 is 5.82. The highest BCUT2D eigenvalue weighted by molar-refractivity contribution is 8.18. The van der Waals surface area contributed by atoms with Crippen molar-refractivity contribution in [3.63, 3.8) is 0 Å². The van der Waals surface area contributed by atoms with Crippen LogP contribution in [0.3, 0.4) is 0 Å². The highest BCUT2D eigenvalue weighted by atomic mass is 32.2. The number of carbonyl (C=O) groups is 3. The van der Waals surface area contributed by atoms with Crippen LogP contribution in [0.4, 0.5) is 4.79 Å². The molecule has 6 nitrogen and oxygen atoms in total. The summed E-state index contributed by atoms with van der Waals surface area (Å²) in [7, 11) is 0. The second-order valence-corrected chi connectivity index (χ2v) is 6.97. The molecule has 0 atom stereocenters. The van der Waals surface area contributed by atoms with E-state index in [0.717, 1.165) is 11.8 Å². The second kappa shape index (κ2) is 7.18. The van der Waals surface area contributed by atoms with E-state index in [1.54, 1.807) is 36.7 Å². The number of furan rings is 1. The minimum atomic E-state index is -0.450. The quantitative estimate of drug-likeness (QED) is 0.409. The van der Waals surface area contributed by atoms with Gasteiger partial charge in [-0.15, -0.1) is 0 Å². The predicted molar refractivity (Wildman–Crippen MR) is 106 cm³/mol. The summed E-state index contributed by atoms with van der Waals surface area (Å²) >= 11 is 0.820. The molecule has 7 heteroatoms. The highest BCUT2D eigenvalue weighted by Gasteiger charge is 2.25. The van der Waals surface area contributed by atoms with Gasteiger partial charge in [-0.2, -0.15) is 0 Å². The first-order valence-corrected chi connectivity index (χ1v) is 9.07. The normalized spacial score (nSPS) is 14.8. The number of nitrogens with zero attached hydrogens (tertiary/aromatic N) is 1. The molecule has 4 rings (SSSR count). The van der Waals surface area contributed by atoms with E-state index in [1.165, 1.54) is 13.0 Å². The summed E-state index contributed by atoms with van der Waals surface area (Å²) in [5.41, 5.74) is 2.25. The number of benzene rings is 1. The standard InChI is InChI=1S/C21H12N2O4S/c1-12(24)17-5-3-2-4-13(17)6-7-14-10-22-11-15-8-16(27-19(14)15)9-18-20(25)23-21(26)28-18/h2-5,8-11H,1H3,(H,23,25,26)/b18-9+. The van der Waals surface area contributed by atoms with E-state index in [0.29, 0.717) is 33.4 Å². The third-order valence-electron chi connectivity index (χ3n) is 4.00. The summed E-state index contributed by atoms with van der Waals surface area (Å²) in [6.45, 7) is 1.50. The molecule has 0 spiro atoms. The number of ketones is 1. The van der Waals surface area contributed by atoms with Crippen LogP contribution < -0.4 is 5.32 Å². The van der Waals surface area contributed by atoms with E-state index in [-0.39, 0.29) is 10.7 Å². The van der Waals surface area contributed by atoms with Crippen molar-refractivity contribution >= 4 is 45.7 Å². The minimum Gasteiger partial charge on any atom is -0.455 e. The van der Waals surface area contributed by atoms with Crippen LogP contribution in [0, 0.1) is 11.8 Å². The van der Waals surface area contributed by atoms with Crippen molar-refractivity contribution in [3.8, 4) is 11.8 Å². The van der Waals surface area contributed by atoms with Crippen LogP contribution in [0.25, 0.3) is 17.0 Å². The number of aromatic nitrogens is 1. The summed E-state index contributed by atoms with van der Waals surface area (Å²) in [5.74, 6) is 5.91. The minimum absolute atomic E-state index is 0.0602. The molecule has 136 valence electrons. The predicted octanol–water partition coefficient (Wildman–Crippen LogP) is 3.75. The third-order valence-corrected chi connectivity index (χ3v) is 4.81. The number of thioether (sulfide) groups is 1. The van der Waals surface area contributed by atoms with Crippen molar-refractivity contribution in [2.24, 2.45) is 0 Å². The molecule has 1 aromatic carbocycles. The molecule has 28 heavy (non-hydrogen) atoms. The fourth-order valence-electron chi connectivity index (χ4n) is 2.73. The van der Waals surface area contributed by atoms with E-state index < -0.39 is 11.1 Å². The molecule has 3 aromatic rings. The Balaban J connectivity index is 1.74. The van der Waals surface area contributed by atoms with Crippen molar-refractivity contribution in [1.82, 2.24) is 10.3 Å². The summed E-state index contributed by atoms with van der Waals surface area (Å²) in [6.07, 6.45) is 4.71. The van der Waals surface area contributed by atoms with Gasteiger partial charge in [0.1, 0.15) is 5.76 Å². The molecule has 0 unspecified atom stereocenters. The Hall–Kier alpha value is -3.63. The summed E-state index contributed by atoms with van der Waals surface area (Å²) in [6, 6.07) is 8.84. The lowest BCUT2D eigenvalue weighted by atomic mass is 10.0. The van der Waals surface area contributed by atoms with Crippen molar-refractivity contribution in [2.45, 2.75) is 6.92 Å². The van der Waals surface area contributed by atoms with Crippen LogP contribution in [-0.4, -0.2) is 21.9 Å². The van der Waals surface area contributed by atoms with Crippen molar-refractivity contribution < 1.29 is 18.8 Å². The number of hydrogen-bond donors (Lipinski definition) is 1. The molecule has 3 heterocycles. The van der Waals surface area contributed by atoms with E-state index in [4.69, 9.17) is 4.42 Å². The first-order chi connectivity index (χ1) is 13.5. The first-order valence-electron chi connectivity index (χ1n) is 8.25. The van der Waals surface area contributed by atoms with Gasteiger partial charge in [0.15, 0.2) is 11.4 Å². The maximum atomic E-state index is 11.7. The van der Waals surface area contributed by atoms with E-state index in [9.17, 15) is 14.4 Å². The molecule has 0 aliphatic carbocycles. The number of pyridine rings is 1. The smallest absolute Gasteiger partial charge is 0.290 e. The Morgan fingerprint density at radius 2 is 1.96 bits per heavy atom. The molecule has 0 radical (unpaired) electrons. The average molecular weight is 388 g/mol. The largest absolute Gasteiger partial charge is 0.455 e. The summed E-state index contributed by atoms with van der Waals surface area (Å²) in [5, 5.41) is 2.50. The molecule has 1 fully saturated rings. The van der Waals surface area contributed by atoms with Gasteiger partial charge in [0, 0.05) is 35.0 Å². The van der Waals surface area contributed by atoms with Crippen LogP contribution in [0.2, 0.25) is 0 Å². The molecule has 1 aliphatic heterocycles. The van der Waals surface area contributed by atoms with Gasteiger partial charge in [-0.1, -0.05) is 30.0 Å². The summed E-state index contributed by atoms with van der Waals surface area (Å²) in [4.78, 5) is 39.1. The van der Waals surface area contributed by atoms with Gasteiger partial charge >= 0.3 is 0 Å². The Bertz CT molecular complexity index is 1240. The van der Waals surface area contributed by atoms with Gasteiger partial charge in [-0.25, -0.2) is 0 Å². The fourth-order valence-corrected chi connectivity index (χ4v) is 3.39. The Kier molecular flexibility index (Phi) is 4.55. The zero-order chi connectivity index (χ0) is 19.7. The van der Waals surface area contributed by atoms with E-state index in [2.05, 4.69) is 22.1 Å². The molecular formula is C21H12N2O4S. The van der Waals surface area contributed by atoms with Crippen molar-refractivity contribution in [3.05, 3.63) is 70.1 Å². The number of nitrogens with one attached hydrogen (secondary N) is 1. The number of amides is 2. The van der Waals surface area contributed by atoms with E-state index >= 15 is 0 Å². The Morgan fingerprint density at radius 1 is 1.18 bits per heavy atom. The lowest BCUT2D eigenvalue weighted by Crippen LogP contribution is -2.17. The number of fused-ring (bicyclic) bond motifs is 1. The maximum Gasteiger partial charge on any atom is 0.290 e. The molecule has 1 saturated heterocycles. The highest BCUT2D eigenvalue weighted by Crippen LogP contribution is 2.28. The first kappa shape index (κ1) is 17.8. The second-order valence-electron chi connectivity index (χ2n) is 5.96. The third kappa shape index (κ3) is 3.46. The maximum absolute atomic E-state index is 11.7. The number of imide groups is 1. The van der Waals surface area contributed by atoms with Gasteiger partial charge in [0.25, 0.3) is 11.1 Å². The molecule has 0 saturated carbocycles. The van der Waals surface area contributed by atoms with Crippen LogP contribution in [-0.2, 0) is 4.79 Å². The van der Waals surface area contributed by atoms with Gasteiger partial charge in [0.2, 0.25) is 0 Å². The Labute approximate surface area is 164 Å².